The number of nitrogens with zero attached hydrogens (tertiary/aromatic N) is 1. The van der Waals surface area contributed by atoms with E-state index in [4.69, 9.17) is 10.6 Å². The number of rotatable bonds is 1. The van der Waals surface area contributed by atoms with Crippen LogP contribution in [-0.4, -0.2) is 12.8 Å². The highest BCUT2D eigenvalue weighted by atomic mass is 16.5. The van der Waals surface area contributed by atoms with E-state index < -0.39 is 0 Å². The van der Waals surface area contributed by atoms with Crippen LogP contribution in [0.2, 0.25) is 0 Å². The van der Waals surface area contributed by atoms with Crippen molar-refractivity contribution in [1.29, 1.82) is 0 Å². The fourth-order valence-electron chi connectivity index (χ4n) is 5.69. The van der Waals surface area contributed by atoms with E-state index >= 15 is 0 Å². The van der Waals surface area contributed by atoms with E-state index in [1.165, 1.54) is 43.4 Å². The maximum atomic E-state index is 5.68. The summed E-state index contributed by atoms with van der Waals surface area (Å²) in [4.78, 5) is 0. The third kappa shape index (κ3) is 1.84. The lowest BCUT2D eigenvalue weighted by Gasteiger charge is -2.49. The molecule has 0 amide bonds. The van der Waals surface area contributed by atoms with E-state index in [1.54, 1.807) is 12.7 Å². The van der Waals surface area contributed by atoms with Gasteiger partial charge in [-0.2, -0.15) is 5.10 Å². The van der Waals surface area contributed by atoms with Gasteiger partial charge in [0.15, 0.2) is 0 Å². The van der Waals surface area contributed by atoms with Gasteiger partial charge in [-0.1, -0.05) is 13.0 Å². The van der Waals surface area contributed by atoms with Crippen LogP contribution in [-0.2, 0) is 6.42 Å². The largest absolute Gasteiger partial charge is 0.497 e. The van der Waals surface area contributed by atoms with E-state index in [1.807, 2.05) is 0 Å². The fourth-order valence-corrected chi connectivity index (χ4v) is 5.69. The highest BCUT2D eigenvalue weighted by Gasteiger charge is 2.53. The molecule has 4 atom stereocenters. The summed E-state index contributed by atoms with van der Waals surface area (Å²) in [5.74, 6) is 8.97. The number of hydrogen-bond acceptors (Lipinski definition) is 3. The zero-order valence-electron chi connectivity index (χ0n) is 13.6. The molecule has 3 aliphatic rings. The number of hydrazone groups is 1. The van der Waals surface area contributed by atoms with Crippen LogP contribution in [0.3, 0.4) is 0 Å². The van der Waals surface area contributed by atoms with Gasteiger partial charge in [0.05, 0.1) is 7.11 Å². The van der Waals surface area contributed by atoms with Crippen molar-refractivity contribution in [2.75, 3.05) is 7.11 Å². The fraction of sp³-hybridized carbons (Fsp3) is 0.632. The molecule has 0 bridgehead atoms. The van der Waals surface area contributed by atoms with E-state index in [0.717, 1.165) is 29.9 Å². The molecule has 0 aliphatic heterocycles. The molecule has 118 valence electrons. The summed E-state index contributed by atoms with van der Waals surface area (Å²) >= 11 is 0. The summed E-state index contributed by atoms with van der Waals surface area (Å²) in [6.07, 6.45) is 7.39. The smallest absolute Gasteiger partial charge is 0.119 e. The van der Waals surface area contributed by atoms with E-state index in [0.29, 0.717) is 0 Å². The molecule has 0 aromatic heterocycles. The Labute approximate surface area is 132 Å². The van der Waals surface area contributed by atoms with E-state index in [-0.39, 0.29) is 5.41 Å². The first-order valence-corrected chi connectivity index (χ1v) is 8.61. The van der Waals surface area contributed by atoms with Crippen LogP contribution in [0.4, 0.5) is 0 Å². The zero-order valence-corrected chi connectivity index (χ0v) is 13.6. The van der Waals surface area contributed by atoms with Gasteiger partial charge in [-0.15, -0.1) is 0 Å². The van der Waals surface area contributed by atoms with Crippen molar-refractivity contribution >= 4 is 5.71 Å². The molecular weight excluding hydrogens is 272 g/mol. The standard InChI is InChI=1S/C19H26N2O/c1-19-10-9-15-14-6-4-13(22-2)11-12(14)3-5-16(15)17(19)7-8-18(19)21-20/h4,6,11,15-17H,3,5,7-10,20H2,1-2H3. The van der Waals surface area contributed by atoms with Crippen molar-refractivity contribution in [1.82, 2.24) is 0 Å². The van der Waals surface area contributed by atoms with Crippen molar-refractivity contribution in [3.8, 4) is 5.75 Å². The van der Waals surface area contributed by atoms with Gasteiger partial charge in [-0.3, -0.25) is 0 Å². The summed E-state index contributed by atoms with van der Waals surface area (Å²) in [7, 11) is 1.76. The Balaban J connectivity index is 1.69. The zero-order chi connectivity index (χ0) is 15.3. The SMILES string of the molecule is COc1ccc2c(c1)CCC1C2CCC2(C)C(=NN)CCC12. The Hall–Kier alpha value is -1.51. The molecule has 4 rings (SSSR count). The van der Waals surface area contributed by atoms with Crippen LogP contribution in [0.15, 0.2) is 23.3 Å². The van der Waals surface area contributed by atoms with Crippen LogP contribution < -0.4 is 10.6 Å². The predicted molar refractivity (Wildman–Crippen MR) is 89.2 cm³/mol. The predicted octanol–water partition coefficient (Wildman–Crippen LogP) is 3.87. The Morgan fingerprint density at radius 1 is 1.23 bits per heavy atom. The number of hydrogen-bond donors (Lipinski definition) is 1. The second kappa shape index (κ2) is 5.00. The Kier molecular flexibility index (Phi) is 3.21. The molecular formula is C19H26N2O. The minimum atomic E-state index is 0.264. The molecule has 1 aromatic carbocycles. The molecule has 2 fully saturated rings. The molecule has 4 unspecified atom stereocenters. The first-order valence-electron chi connectivity index (χ1n) is 8.61. The van der Waals surface area contributed by atoms with Gasteiger partial charge in [0, 0.05) is 11.1 Å². The lowest BCUT2D eigenvalue weighted by atomic mass is 9.55. The van der Waals surface area contributed by atoms with Crippen molar-refractivity contribution in [3.05, 3.63) is 29.3 Å². The van der Waals surface area contributed by atoms with Crippen molar-refractivity contribution in [2.45, 2.75) is 51.4 Å². The molecule has 0 saturated heterocycles. The maximum Gasteiger partial charge on any atom is 0.119 e. The Morgan fingerprint density at radius 3 is 2.86 bits per heavy atom. The first-order chi connectivity index (χ1) is 10.7. The summed E-state index contributed by atoms with van der Waals surface area (Å²) in [5.41, 5.74) is 4.63. The highest BCUT2D eigenvalue weighted by Crippen LogP contribution is 2.59. The molecule has 0 radical (unpaired) electrons. The number of fused-ring (bicyclic) bond motifs is 5. The minimum absolute atomic E-state index is 0.264. The number of aryl methyl sites for hydroxylation is 1. The topological polar surface area (TPSA) is 47.6 Å². The number of benzene rings is 1. The normalized spacial score (nSPS) is 38.3. The van der Waals surface area contributed by atoms with Crippen molar-refractivity contribution in [2.24, 2.45) is 28.2 Å². The van der Waals surface area contributed by atoms with Crippen LogP contribution in [0.25, 0.3) is 0 Å². The molecule has 2 saturated carbocycles. The van der Waals surface area contributed by atoms with Crippen LogP contribution >= 0.6 is 0 Å². The molecule has 1 aromatic rings. The average molecular weight is 298 g/mol. The van der Waals surface area contributed by atoms with Crippen molar-refractivity contribution in [3.63, 3.8) is 0 Å². The second-order valence-electron chi connectivity index (χ2n) is 7.55. The lowest BCUT2D eigenvalue weighted by Crippen LogP contribution is -2.42. The van der Waals surface area contributed by atoms with Crippen LogP contribution in [0, 0.1) is 17.3 Å². The van der Waals surface area contributed by atoms with E-state index in [9.17, 15) is 0 Å². The molecule has 3 heteroatoms. The van der Waals surface area contributed by atoms with Gasteiger partial charge in [0.1, 0.15) is 5.75 Å². The Bertz CT molecular complexity index is 624. The quantitative estimate of drug-likeness (QED) is 0.632. The molecule has 0 spiro atoms. The molecule has 2 N–H and O–H groups in total. The Morgan fingerprint density at radius 2 is 2.09 bits per heavy atom. The van der Waals surface area contributed by atoms with Gasteiger partial charge in [0.25, 0.3) is 0 Å². The molecule has 3 aliphatic carbocycles. The van der Waals surface area contributed by atoms with Gasteiger partial charge in [-0.05, 0) is 79.5 Å². The van der Waals surface area contributed by atoms with Crippen molar-refractivity contribution < 1.29 is 4.74 Å². The first kappa shape index (κ1) is 14.1. The number of nitrogens with two attached hydrogens (primary N) is 1. The summed E-state index contributed by atoms with van der Waals surface area (Å²) in [5, 5.41) is 4.15. The third-order valence-corrected chi connectivity index (χ3v) is 6.83. The van der Waals surface area contributed by atoms with E-state index in [2.05, 4.69) is 30.2 Å². The molecule has 22 heavy (non-hydrogen) atoms. The van der Waals surface area contributed by atoms with Gasteiger partial charge < -0.3 is 10.6 Å². The monoisotopic (exact) mass is 298 g/mol. The minimum Gasteiger partial charge on any atom is -0.497 e. The highest BCUT2D eigenvalue weighted by molar-refractivity contribution is 5.92. The third-order valence-electron chi connectivity index (χ3n) is 6.83. The molecule has 0 heterocycles. The lowest BCUT2D eigenvalue weighted by molar-refractivity contribution is 0.0955. The second-order valence-corrected chi connectivity index (χ2v) is 7.55. The van der Waals surface area contributed by atoms with Gasteiger partial charge in [0.2, 0.25) is 0 Å². The maximum absolute atomic E-state index is 5.68. The summed E-state index contributed by atoms with van der Waals surface area (Å²) in [6, 6.07) is 6.71. The number of ether oxygens (including phenoxy) is 1. The molecule has 3 nitrogen and oxygen atoms in total. The van der Waals surface area contributed by atoms with Gasteiger partial charge in [-0.25, -0.2) is 0 Å². The van der Waals surface area contributed by atoms with Gasteiger partial charge >= 0.3 is 0 Å². The summed E-state index contributed by atoms with van der Waals surface area (Å²) < 4.78 is 5.40. The number of methoxy groups -OCH3 is 1. The average Bonchev–Trinajstić information content (AvgIpc) is 2.90. The van der Waals surface area contributed by atoms with Crippen LogP contribution in [0.1, 0.15) is 56.1 Å². The summed E-state index contributed by atoms with van der Waals surface area (Å²) in [6.45, 7) is 2.41. The van der Waals surface area contributed by atoms with Crippen LogP contribution in [0.5, 0.6) is 5.75 Å².